The van der Waals surface area contributed by atoms with Crippen molar-refractivity contribution in [3.63, 3.8) is 0 Å². The molecule has 0 aliphatic heterocycles. The van der Waals surface area contributed by atoms with Crippen LogP contribution < -0.4 is 10.1 Å². The quantitative estimate of drug-likeness (QED) is 0.672. The Morgan fingerprint density at radius 3 is 2.61 bits per heavy atom. The lowest BCUT2D eigenvalue weighted by Gasteiger charge is -2.18. The molecule has 3 rings (SSSR count). The SMILES string of the molecule is CCC[C@H](NC(=O)COC(=O)COc1ccc2c(c1)CCC2)c1ccccc1. The average molecular weight is 381 g/mol. The first-order valence-corrected chi connectivity index (χ1v) is 9.90. The summed E-state index contributed by atoms with van der Waals surface area (Å²) in [5.41, 5.74) is 3.68. The molecular weight excluding hydrogens is 354 g/mol. The minimum atomic E-state index is -0.553. The van der Waals surface area contributed by atoms with Crippen LogP contribution in [0, 0.1) is 0 Å². The van der Waals surface area contributed by atoms with Crippen LogP contribution in [-0.4, -0.2) is 25.1 Å². The van der Waals surface area contributed by atoms with E-state index in [-0.39, 0.29) is 25.2 Å². The van der Waals surface area contributed by atoms with Gasteiger partial charge in [-0.15, -0.1) is 0 Å². The largest absolute Gasteiger partial charge is 0.482 e. The molecule has 1 N–H and O–H groups in total. The number of esters is 1. The maximum atomic E-state index is 12.2. The van der Waals surface area contributed by atoms with E-state index in [0.717, 1.165) is 37.7 Å². The van der Waals surface area contributed by atoms with Crippen LogP contribution in [0.3, 0.4) is 0 Å². The Bertz CT molecular complexity index is 804. The van der Waals surface area contributed by atoms with Crippen molar-refractivity contribution in [2.24, 2.45) is 0 Å². The number of carbonyl (C=O) groups is 2. The number of amides is 1. The topological polar surface area (TPSA) is 64.6 Å². The normalized spacial score (nSPS) is 13.5. The molecule has 5 nitrogen and oxygen atoms in total. The summed E-state index contributed by atoms with van der Waals surface area (Å²) in [4.78, 5) is 24.1. The third kappa shape index (κ3) is 5.59. The van der Waals surface area contributed by atoms with Gasteiger partial charge in [0.1, 0.15) is 5.75 Å². The molecule has 0 bridgehead atoms. The van der Waals surface area contributed by atoms with Crippen molar-refractivity contribution < 1.29 is 19.1 Å². The number of hydrogen-bond donors (Lipinski definition) is 1. The molecule has 0 aromatic heterocycles. The van der Waals surface area contributed by atoms with Crippen molar-refractivity contribution in [2.75, 3.05) is 13.2 Å². The Hall–Kier alpha value is -2.82. The molecule has 0 saturated carbocycles. The van der Waals surface area contributed by atoms with Gasteiger partial charge in [-0.1, -0.05) is 49.7 Å². The first kappa shape index (κ1) is 19.9. The number of benzene rings is 2. The Morgan fingerprint density at radius 1 is 1.04 bits per heavy atom. The Balaban J connectivity index is 1.42. The van der Waals surface area contributed by atoms with Gasteiger partial charge in [-0.05, 0) is 54.5 Å². The fourth-order valence-electron chi connectivity index (χ4n) is 3.50. The van der Waals surface area contributed by atoms with E-state index < -0.39 is 5.97 Å². The van der Waals surface area contributed by atoms with Crippen LogP contribution in [-0.2, 0) is 27.2 Å². The molecule has 148 valence electrons. The van der Waals surface area contributed by atoms with Gasteiger partial charge in [0.15, 0.2) is 13.2 Å². The summed E-state index contributed by atoms with van der Waals surface area (Å²) in [5.74, 6) is -0.204. The van der Waals surface area contributed by atoms with Gasteiger partial charge in [0.2, 0.25) is 0 Å². The minimum absolute atomic E-state index is 0.0833. The lowest BCUT2D eigenvalue weighted by molar-refractivity contribution is -0.150. The number of fused-ring (bicyclic) bond motifs is 1. The Morgan fingerprint density at radius 2 is 1.82 bits per heavy atom. The molecule has 1 amide bonds. The highest BCUT2D eigenvalue weighted by molar-refractivity contribution is 5.81. The van der Waals surface area contributed by atoms with E-state index in [0.29, 0.717) is 5.75 Å². The van der Waals surface area contributed by atoms with E-state index in [9.17, 15) is 9.59 Å². The monoisotopic (exact) mass is 381 g/mol. The zero-order valence-corrected chi connectivity index (χ0v) is 16.3. The van der Waals surface area contributed by atoms with E-state index in [1.807, 2.05) is 48.5 Å². The second kappa shape index (κ2) is 9.93. The molecule has 28 heavy (non-hydrogen) atoms. The van der Waals surface area contributed by atoms with E-state index in [1.165, 1.54) is 11.1 Å². The predicted octanol–water partition coefficient (Wildman–Crippen LogP) is 3.75. The summed E-state index contributed by atoms with van der Waals surface area (Å²) < 4.78 is 10.6. The number of nitrogens with one attached hydrogen (secondary N) is 1. The summed E-state index contributed by atoms with van der Waals surface area (Å²) in [6.07, 6.45) is 5.09. The molecule has 0 fully saturated rings. The summed E-state index contributed by atoms with van der Waals surface area (Å²) in [7, 11) is 0. The van der Waals surface area contributed by atoms with Gasteiger partial charge < -0.3 is 14.8 Å². The second-order valence-corrected chi connectivity index (χ2v) is 7.05. The average Bonchev–Trinajstić information content (AvgIpc) is 3.19. The van der Waals surface area contributed by atoms with Crippen LogP contribution in [0.25, 0.3) is 0 Å². The molecule has 0 saturated heterocycles. The highest BCUT2D eigenvalue weighted by Crippen LogP contribution is 2.26. The van der Waals surface area contributed by atoms with Crippen LogP contribution in [0.1, 0.15) is 48.9 Å². The van der Waals surface area contributed by atoms with Crippen LogP contribution in [0.5, 0.6) is 5.75 Å². The van der Waals surface area contributed by atoms with Gasteiger partial charge >= 0.3 is 5.97 Å². The summed E-state index contributed by atoms with van der Waals surface area (Å²) in [5, 5.41) is 2.93. The molecule has 2 aromatic carbocycles. The van der Waals surface area contributed by atoms with Crippen LogP contribution >= 0.6 is 0 Å². The molecule has 0 spiro atoms. The van der Waals surface area contributed by atoms with Gasteiger partial charge in [-0.2, -0.15) is 0 Å². The lowest BCUT2D eigenvalue weighted by atomic mass is 10.0. The van der Waals surface area contributed by atoms with E-state index >= 15 is 0 Å². The number of hydrogen-bond acceptors (Lipinski definition) is 4. The smallest absolute Gasteiger partial charge is 0.344 e. The van der Waals surface area contributed by atoms with Crippen molar-refractivity contribution >= 4 is 11.9 Å². The van der Waals surface area contributed by atoms with Crippen LogP contribution in [0.2, 0.25) is 0 Å². The first-order chi connectivity index (χ1) is 13.7. The molecule has 1 aliphatic rings. The second-order valence-electron chi connectivity index (χ2n) is 7.05. The highest BCUT2D eigenvalue weighted by Gasteiger charge is 2.16. The molecule has 0 radical (unpaired) electrons. The van der Waals surface area contributed by atoms with Gasteiger partial charge in [0.05, 0.1) is 6.04 Å². The zero-order chi connectivity index (χ0) is 19.8. The van der Waals surface area contributed by atoms with E-state index in [1.54, 1.807) is 0 Å². The van der Waals surface area contributed by atoms with Crippen molar-refractivity contribution in [3.05, 3.63) is 65.2 Å². The number of rotatable bonds is 9. The predicted molar refractivity (Wildman–Crippen MR) is 107 cm³/mol. The first-order valence-electron chi connectivity index (χ1n) is 9.90. The fourth-order valence-corrected chi connectivity index (χ4v) is 3.50. The lowest BCUT2D eigenvalue weighted by Crippen LogP contribution is -2.33. The number of ether oxygens (including phenoxy) is 2. The molecule has 0 heterocycles. The third-order valence-electron chi connectivity index (χ3n) is 4.91. The summed E-state index contributed by atoms with van der Waals surface area (Å²) in [6.45, 7) is 1.56. The summed E-state index contributed by atoms with van der Waals surface area (Å²) >= 11 is 0. The van der Waals surface area contributed by atoms with Gasteiger partial charge in [0.25, 0.3) is 5.91 Å². The molecule has 1 atom stereocenters. The van der Waals surface area contributed by atoms with Crippen molar-refractivity contribution in [3.8, 4) is 5.75 Å². The highest BCUT2D eigenvalue weighted by atomic mass is 16.6. The molecule has 2 aromatic rings. The standard InChI is InChI=1S/C23H27NO4/c1-2-7-21(18-8-4-3-5-9-18)24-22(25)15-28-23(26)16-27-20-13-12-17-10-6-11-19(17)14-20/h3-5,8-9,12-14,21H,2,6-7,10-11,15-16H2,1H3,(H,24,25)/t21-/m0/s1. The molecule has 1 aliphatic carbocycles. The number of carbonyl (C=O) groups excluding carboxylic acids is 2. The van der Waals surface area contributed by atoms with E-state index in [2.05, 4.69) is 12.2 Å². The summed E-state index contributed by atoms with van der Waals surface area (Å²) in [6, 6.07) is 15.6. The Kier molecular flexibility index (Phi) is 7.06. The number of aryl methyl sites for hydroxylation is 2. The zero-order valence-electron chi connectivity index (χ0n) is 16.3. The van der Waals surface area contributed by atoms with Crippen molar-refractivity contribution in [2.45, 2.75) is 45.1 Å². The van der Waals surface area contributed by atoms with Crippen molar-refractivity contribution in [1.29, 1.82) is 0 Å². The van der Waals surface area contributed by atoms with Crippen molar-refractivity contribution in [1.82, 2.24) is 5.32 Å². The van der Waals surface area contributed by atoms with Gasteiger partial charge in [-0.25, -0.2) is 4.79 Å². The molecular formula is C23H27NO4. The van der Waals surface area contributed by atoms with Crippen LogP contribution in [0.4, 0.5) is 0 Å². The minimum Gasteiger partial charge on any atom is -0.482 e. The van der Waals surface area contributed by atoms with Crippen LogP contribution in [0.15, 0.2) is 48.5 Å². The molecule has 0 unspecified atom stereocenters. The Labute approximate surface area is 166 Å². The molecule has 5 heteroatoms. The fraction of sp³-hybridized carbons (Fsp3) is 0.391. The van der Waals surface area contributed by atoms with Gasteiger partial charge in [0, 0.05) is 0 Å². The van der Waals surface area contributed by atoms with E-state index in [4.69, 9.17) is 9.47 Å². The maximum absolute atomic E-state index is 12.2. The third-order valence-corrected chi connectivity index (χ3v) is 4.91. The maximum Gasteiger partial charge on any atom is 0.344 e. The van der Waals surface area contributed by atoms with Gasteiger partial charge in [-0.3, -0.25) is 4.79 Å².